The van der Waals surface area contributed by atoms with Crippen LogP contribution in [0.5, 0.6) is 0 Å². The Bertz CT molecular complexity index is 539. The number of carbonyl (C=O) groups is 2. The third-order valence-electron chi connectivity index (χ3n) is 4.91. The van der Waals surface area contributed by atoms with Gasteiger partial charge in [-0.15, -0.1) is 0 Å². The Balaban J connectivity index is 1.73. The number of ether oxygens (including phenoxy) is 1. The van der Waals surface area contributed by atoms with Crippen LogP contribution in [0.1, 0.15) is 37.7 Å². The van der Waals surface area contributed by atoms with Crippen LogP contribution in [-0.4, -0.2) is 44.0 Å². The molecule has 0 aliphatic heterocycles. The van der Waals surface area contributed by atoms with E-state index in [9.17, 15) is 9.59 Å². The summed E-state index contributed by atoms with van der Waals surface area (Å²) in [6.07, 6.45) is 4.03. The highest BCUT2D eigenvalue weighted by atomic mass is 16.5. The van der Waals surface area contributed by atoms with Crippen molar-refractivity contribution >= 4 is 11.8 Å². The van der Waals surface area contributed by atoms with Gasteiger partial charge in [-0.1, -0.05) is 30.3 Å². The number of benzene rings is 1. The average molecular weight is 346 g/mol. The second-order valence-corrected chi connectivity index (χ2v) is 6.87. The predicted octanol–water partition coefficient (Wildman–Crippen LogP) is 2.60. The van der Waals surface area contributed by atoms with Crippen molar-refractivity contribution in [3.63, 3.8) is 0 Å². The lowest BCUT2D eigenvalue weighted by Gasteiger charge is -2.30. The number of rotatable bonds is 8. The fraction of sp³-hybridized carbons (Fsp3) is 0.600. The Morgan fingerprint density at radius 1 is 1.12 bits per heavy atom. The lowest BCUT2D eigenvalue weighted by atomic mass is 9.81. The van der Waals surface area contributed by atoms with Crippen molar-refractivity contribution in [2.45, 2.75) is 38.6 Å². The number of hydrogen-bond acceptors (Lipinski definition) is 3. The monoisotopic (exact) mass is 346 g/mol. The summed E-state index contributed by atoms with van der Waals surface area (Å²) in [7, 11) is 3.53. The van der Waals surface area contributed by atoms with E-state index in [0.717, 1.165) is 37.7 Å². The van der Waals surface area contributed by atoms with Crippen LogP contribution in [0.4, 0.5) is 0 Å². The van der Waals surface area contributed by atoms with Gasteiger partial charge in [0.1, 0.15) is 0 Å². The first-order chi connectivity index (χ1) is 12.1. The predicted molar refractivity (Wildman–Crippen MR) is 97.9 cm³/mol. The minimum absolute atomic E-state index is 0.0472. The maximum absolute atomic E-state index is 12.6. The summed E-state index contributed by atoms with van der Waals surface area (Å²) in [5.74, 6) is 0.416. The molecule has 1 N–H and O–H groups in total. The summed E-state index contributed by atoms with van der Waals surface area (Å²) in [6, 6.07) is 10.0. The van der Waals surface area contributed by atoms with Gasteiger partial charge in [-0.05, 0) is 37.7 Å². The molecule has 25 heavy (non-hydrogen) atoms. The quantitative estimate of drug-likeness (QED) is 0.736. The molecule has 0 radical (unpaired) electrons. The van der Waals surface area contributed by atoms with E-state index in [2.05, 4.69) is 5.32 Å². The Morgan fingerprint density at radius 3 is 2.40 bits per heavy atom. The summed E-state index contributed by atoms with van der Waals surface area (Å²) in [5.41, 5.74) is 1.14. The van der Waals surface area contributed by atoms with Gasteiger partial charge < -0.3 is 15.0 Å². The van der Waals surface area contributed by atoms with Crippen molar-refractivity contribution in [3.8, 4) is 0 Å². The van der Waals surface area contributed by atoms with E-state index >= 15 is 0 Å². The zero-order chi connectivity index (χ0) is 18.1. The van der Waals surface area contributed by atoms with Crippen LogP contribution in [0.25, 0.3) is 0 Å². The maximum atomic E-state index is 12.6. The topological polar surface area (TPSA) is 58.6 Å². The largest absolute Gasteiger partial charge is 0.385 e. The molecular formula is C20H30N2O3. The lowest BCUT2D eigenvalue weighted by Crippen LogP contribution is -2.38. The van der Waals surface area contributed by atoms with Gasteiger partial charge in [0.25, 0.3) is 0 Å². The van der Waals surface area contributed by atoms with Crippen molar-refractivity contribution in [3.05, 3.63) is 35.9 Å². The van der Waals surface area contributed by atoms with E-state index in [1.54, 1.807) is 7.11 Å². The highest BCUT2D eigenvalue weighted by molar-refractivity contribution is 5.81. The molecule has 1 aromatic carbocycles. The third-order valence-corrected chi connectivity index (χ3v) is 4.91. The third kappa shape index (κ3) is 6.16. The second-order valence-electron chi connectivity index (χ2n) is 6.87. The number of hydrogen-bond donors (Lipinski definition) is 1. The highest BCUT2D eigenvalue weighted by Gasteiger charge is 2.31. The van der Waals surface area contributed by atoms with Gasteiger partial charge >= 0.3 is 0 Å². The molecule has 0 bridgehead atoms. The number of nitrogens with one attached hydrogen (secondary N) is 1. The first-order valence-electron chi connectivity index (χ1n) is 9.17. The number of amides is 2. The number of carbonyl (C=O) groups excluding carboxylic acids is 2. The highest BCUT2D eigenvalue weighted by Crippen LogP contribution is 2.30. The van der Waals surface area contributed by atoms with E-state index in [-0.39, 0.29) is 23.7 Å². The van der Waals surface area contributed by atoms with Crippen LogP contribution in [-0.2, 0) is 20.9 Å². The lowest BCUT2D eigenvalue weighted by molar-refractivity contribution is -0.137. The van der Waals surface area contributed by atoms with Crippen molar-refractivity contribution in [2.75, 3.05) is 27.3 Å². The van der Waals surface area contributed by atoms with Gasteiger partial charge in [0.2, 0.25) is 11.8 Å². The fourth-order valence-electron chi connectivity index (χ4n) is 3.42. The van der Waals surface area contributed by atoms with Crippen LogP contribution in [0.2, 0.25) is 0 Å². The molecule has 2 amide bonds. The molecule has 0 atom stereocenters. The maximum Gasteiger partial charge on any atom is 0.225 e. The SMILES string of the molecule is COCCCNC(=O)C1CCC(C(=O)N(C)Cc2ccccc2)CC1. The normalized spacial score (nSPS) is 20.1. The van der Waals surface area contributed by atoms with Crippen LogP contribution < -0.4 is 5.32 Å². The molecule has 1 aliphatic carbocycles. The van der Waals surface area contributed by atoms with Crippen LogP contribution in [0.3, 0.4) is 0 Å². The minimum atomic E-state index is 0.0472. The Morgan fingerprint density at radius 2 is 1.76 bits per heavy atom. The molecule has 1 aromatic rings. The van der Waals surface area contributed by atoms with Gasteiger partial charge in [-0.25, -0.2) is 0 Å². The molecule has 5 nitrogen and oxygen atoms in total. The average Bonchev–Trinajstić information content (AvgIpc) is 2.65. The van der Waals surface area contributed by atoms with Crippen molar-refractivity contribution < 1.29 is 14.3 Å². The van der Waals surface area contributed by atoms with E-state index in [1.165, 1.54) is 0 Å². The Kier molecular flexibility index (Phi) is 7.92. The molecule has 1 aliphatic rings. The first kappa shape index (κ1) is 19.4. The second kappa shape index (κ2) is 10.2. The van der Waals surface area contributed by atoms with E-state index in [4.69, 9.17) is 4.74 Å². The zero-order valence-electron chi connectivity index (χ0n) is 15.4. The molecule has 5 heteroatoms. The molecule has 1 fully saturated rings. The van der Waals surface area contributed by atoms with Crippen LogP contribution in [0, 0.1) is 11.8 Å². The van der Waals surface area contributed by atoms with Crippen molar-refractivity contribution in [2.24, 2.45) is 11.8 Å². The van der Waals surface area contributed by atoms with E-state index < -0.39 is 0 Å². The van der Waals surface area contributed by atoms with Crippen LogP contribution in [0.15, 0.2) is 30.3 Å². The van der Waals surface area contributed by atoms with E-state index in [1.807, 2.05) is 42.3 Å². The molecule has 0 heterocycles. The summed E-state index contributed by atoms with van der Waals surface area (Å²) in [5, 5.41) is 2.97. The standard InChI is InChI=1S/C20H30N2O3/c1-22(15-16-7-4-3-5-8-16)20(24)18-11-9-17(10-12-18)19(23)21-13-6-14-25-2/h3-5,7-8,17-18H,6,9-15H2,1-2H3,(H,21,23). The van der Waals surface area contributed by atoms with Gasteiger partial charge in [-0.2, -0.15) is 0 Å². The zero-order valence-corrected chi connectivity index (χ0v) is 15.4. The molecule has 0 unspecified atom stereocenters. The van der Waals surface area contributed by atoms with Crippen molar-refractivity contribution in [1.29, 1.82) is 0 Å². The molecule has 0 aromatic heterocycles. The summed E-state index contributed by atoms with van der Waals surface area (Å²) < 4.78 is 4.98. The molecular weight excluding hydrogens is 316 g/mol. The molecule has 0 spiro atoms. The van der Waals surface area contributed by atoms with Crippen molar-refractivity contribution in [1.82, 2.24) is 10.2 Å². The summed E-state index contributed by atoms with van der Waals surface area (Å²) in [4.78, 5) is 26.6. The van der Waals surface area contributed by atoms with Gasteiger partial charge in [0.15, 0.2) is 0 Å². The molecule has 2 rings (SSSR count). The summed E-state index contributed by atoms with van der Waals surface area (Å²) in [6.45, 7) is 1.96. The first-order valence-corrected chi connectivity index (χ1v) is 9.17. The minimum Gasteiger partial charge on any atom is -0.385 e. The Labute approximate surface area is 150 Å². The van der Waals surface area contributed by atoms with E-state index in [0.29, 0.717) is 19.7 Å². The van der Waals surface area contributed by atoms with Gasteiger partial charge in [0, 0.05) is 45.7 Å². The molecule has 138 valence electrons. The number of nitrogens with zero attached hydrogens (tertiary/aromatic N) is 1. The summed E-state index contributed by atoms with van der Waals surface area (Å²) >= 11 is 0. The fourth-order valence-corrected chi connectivity index (χ4v) is 3.42. The molecule has 0 saturated heterocycles. The van der Waals surface area contributed by atoms with Gasteiger partial charge in [0.05, 0.1) is 0 Å². The Hall–Kier alpha value is -1.88. The van der Waals surface area contributed by atoms with Crippen LogP contribution >= 0.6 is 0 Å². The smallest absolute Gasteiger partial charge is 0.225 e. The number of methoxy groups -OCH3 is 1. The van der Waals surface area contributed by atoms with Gasteiger partial charge in [-0.3, -0.25) is 9.59 Å². The molecule has 1 saturated carbocycles.